The molecule has 27 heavy (non-hydrogen) atoms. The van der Waals surface area contributed by atoms with Gasteiger partial charge in [0.25, 0.3) is 0 Å². The fourth-order valence-corrected chi connectivity index (χ4v) is 4.45. The van der Waals surface area contributed by atoms with Crippen LogP contribution in [0.4, 0.5) is 0 Å². The van der Waals surface area contributed by atoms with Crippen molar-refractivity contribution < 1.29 is 13.9 Å². The second-order valence-corrected chi connectivity index (χ2v) is 8.44. The molecule has 2 aromatic rings. The van der Waals surface area contributed by atoms with Crippen molar-refractivity contribution in [1.29, 1.82) is 0 Å². The predicted octanol–water partition coefficient (Wildman–Crippen LogP) is 4.27. The van der Waals surface area contributed by atoms with Gasteiger partial charge in [-0.25, -0.2) is 0 Å². The van der Waals surface area contributed by atoms with Gasteiger partial charge in [0.1, 0.15) is 5.75 Å². The van der Waals surface area contributed by atoms with Gasteiger partial charge in [0.2, 0.25) is 5.91 Å². The monoisotopic (exact) mass is 406 g/mol. The summed E-state index contributed by atoms with van der Waals surface area (Å²) in [6.45, 7) is 4.08. The number of hydrogen-bond donors (Lipinski definition) is 1. The third kappa shape index (κ3) is 7.44. The van der Waals surface area contributed by atoms with E-state index >= 15 is 0 Å². The van der Waals surface area contributed by atoms with Crippen molar-refractivity contribution in [3.8, 4) is 5.75 Å². The maximum Gasteiger partial charge on any atom is 0.233 e. The van der Waals surface area contributed by atoms with Crippen LogP contribution in [0.25, 0.3) is 0 Å². The first-order chi connectivity index (χ1) is 13.3. The van der Waals surface area contributed by atoms with Gasteiger partial charge < -0.3 is 14.5 Å². The van der Waals surface area contributed by atoms with Crippen LogP contribution >= 0.6 is 23.1 Å². The first-order valence-electron chi connectivity index (χ1n) is 9.25. The van der Waals surface area contributed by atoms with E-state index in [2.05, 4.69) is 21.7 Å². The Morgan fingerprint density at radius 3 is 3.11 bits per heavy atom. The molecular weight excluding hydrogens is 380 g/mol. The molecule has 1 aliphatic rings. The lowest BCUT2D eigenvalue weighted by Crippen LogP contribution is -2.19. The summed E-state index contributed by atoms with van der Waals surface area (Å²) in [7, 11) is 0. The number of furan rings is 1. The molecule has 7 heteroatoms. The quantitative estimate of drug-likeness (QED) is 0.565. The van der Waals surface area contributed by atoms with E-state index in [0.717, 1.165) is 30.0 Å². The van der Waals surface area contributed by atoms with Crippen LogP contribution < -0.4 is 10.1 Å². The molecule has 0 atom stereocenters. The molecule has 0 bridgehead atoms. The highest BCUT2D eigenvalue weighted by molar-refractivity contribution is 7.99. The zero-order valence-electron chi connectivity index (χ0n) is 15.4. The maximum atomic E-state index is 11.7. The average molecular weight is 407 g/mol. The number of nitrogens with one attached hydrogen (secondary N) is 1. The van der Waals surface area contributed by atoms with Crippen LogP contribution in [0.2, 0.25) is 0 Å². The van der Waals surface area contributed by atoms with Gasteiger partial charge in [0.15, 0.2) is 0 Å². The molecule has 0 unspecified atom stereocenters. The van der Waals surface area contributed by atoms with E-state index in [-0.39, 0.29) is 5.91 Å². The fraction of sp³-hybridized carbons (Fsp3) is 0.450. The first-order valence-corrected chi connectivity index (χ1v) is 11.3. The third-order valence-corrected chi connectivity index (χ3v) is 6.11. The molecule has 0 aliphatic carbocycles. The molecule has 1 saturated heterocycles. The summed E-state index contributed by atoms with van der Waals surface area (Å²) in [6.07, 6.45) is 10.4. The van der Waals surface area contributed by atoms with Gasteiger partial charge in [-0.05, 0) is 44.3 Å². The molecule has 0 spiro atoms. The normalized spacial score (nSPS) is 14.8. The largest absolute Gasteiger partial charge is 0.492 e. The Balaban J connectivity index is 1.23. The lowest BCUT2D eigenvalue weighted by molar-refractivity contribution is -0.117. The van der Waals surface area contributed by atoms with Crippen molar-refractivity contribution in [3.05, 3.63) is 52.8 Å². The summed E-state index contributed by atoms with van der Waals surface area (Å²) >= 11 is 3.33. The summed E-state index contributed by atoms with van der Waals surface area (Å²) in [5, 5.41) is 4.86. The Morgan fingerprint density at radius 2 is 2.30 bits per heavy atom. The lowest BCUT2D eigenvalue weighted by atomic mass is 10.4. The van der Waals surface area contributed by atoms with E-state index in [1.807, 2.05) is 12.1 Å². The standard InChI is InChI=1S/C20H26N2O3S2/c23-20(16-26-14-17-5-10-24-13-17)21-6-1-4-9-25-18-11-19(27-15-18)12-22-7-2-3-8-22/h1,5-6,10-11,13,15H,2-4,7-9,12,14,16H2,(H,21,23)/b6-1-. The summed E-state index contributed by atoms with van der Waals surface area (Å²) < 4.78 is 10.8. The van der Waals surface area contributed by atoms with Crippen molar-refractivity contribution in [2.45, 2.75) is 31.6 Å². The molecule has 0 aromatic carbocycles. The van der Waals surface area contributed by atoms with Gasteiger partial charge in [-0.3, -0.25) is 9.69 Å². The molecule has 5 nitrogen and oxygen atoms in total. The number of thiophene rings is 1. The van der Waals surface area contributed by atoms with Gasteiger partial charge in [-0.2, -0.15) is 0 Å². The van der Waals surface area contributed by atoms with Crippen molar-refractivity contribution in [3.63, 3.8) is 0 Å². The SMILES string of the molecule is O=C(CSCc1ccoc1)N/C=C\CCOc1csc(CN2CCCC2)c1. The van der Waals surface area contributed by atoms with Crippen LogP contribution in [0.3, 0.4) is 0 Å². The number of nitrogens with zero attached hydrogens (tertiary/aromatic N) is 1. The van der Waals surface area contributed by atoms with Crippen molar-refractivity contribution >= 4 is 29.0 Å². The molecule has 146 valence electrons. The number of carbonyl (C=O) groups excluding carboxylic acids is 1. The number of ether oxygens (including phenoxy) is 1. The molecular formula is C20H26N2O3S2. The highest BCUT2D eigenvalue weighted by Crippen LogP contribution is 2.24. The van der Waals surface area contributed by atoms with E-state index in [0.29, 0.717) is 12.4 Å². The third-order valence-electron chi connectivity index (χ3n) is 4.21. The summed E-state index contributed by atoms with van der Waals surface area (Å²) in [6, 6.07) is 4.05. The summed E-state index contributed by atoms with van der Waals surface area (Å²) in [5.74, 6) is 2.16. The van der Waals surface area contributed by atoms with Crippen LogP contribution in [-0.4, -0.2) is 36.3 Å². The number of carbonyl (C=O) groups is 1. The molecule has 2 aromatic heterocycles. The van der Waals surface area contributed by atoms with E-state index in [4.69, 9.17) is 9.15 Å². The summed E-state index contributed by atoms with van der Waals surface area (Å²) in [4.78, 5) is 15.6. The Labute approximate surface area is 168 Å². The minimum atomic E-state index is 0.00468. The fourth-order valence-electron chi connectivity index (χ4n) is 2.84. The highest BCUT2D eigenvalue weighted by Gasteiger charge is 2.12. The van der Waals surface area contributed by atoms with Crippen LogP contribution in [0.5, 0.6) is 5.75 Å². The van der Waals surface area contributed by atoms with Crippen LogP contribution in [0, 0.1) is 0 Å². The van der Waals surface area contributed by atoms with Gasteiger partial charge in [-0.1, -0.05) is 6.08 Å². The number of rotatable bonds is 11. The van der Waals surface area contributed by atoms with Gasteiger partial charge >= 0.3 is 0 Å². The molecule has 1 amide bonds. The number of thioether (sulfide) groups is 1. The smallest absolute Gasteiger partial charge is 0.233 e. The van der Waals surface area contributed by atoms with Gasteiger partial charge in [0.05, 0.1) is 24.9 Å². The molecule has 1 fully saturated rings. The Kier molecular flexibility index (Phi) is 8.32. The zero-order valence-corrected chi connectivity index (χ0v) is 17.0. The molecule has 1 aliphatic heterocycles. The predicted molar refractivity (Wildman–Crippen MR) is 111 cm³/mol. The van der Waals surface area contributed by atoms with Crippen LogP contribution in [-0.2, 0) is 17.1 Å². The van der Waals surface area contributed by atoms with E-state index in [9.17, 15) is 4.79 Å². The van der Waals surface area contributed by atoms with Gasteiger partial charge in [0, 0.05) is 34.5 Å². The van der Waals surface area contributed by atoms with Crippen LogP contribution in [0.1, 0.15) is 29.7 Å². The highest BCUT2D eigenvalue weighted by atomic mass is 32.2. The topological polar surface area (TPSA) is 54.7 Å². The average Bonchev–Trinajstić information content (AvgIpc) is 3.42. The molecule has 0 radical (unpaired) electrons. The Hall–Kier alpha value is -1.70. The van der Waals surface area contributed by atoms with E-state index in [1.165, 1.54) is 30.8 Å². The number of likely N-dealkylation sites (tertiary alicyclic amines) is 1. The first kappa shape index (κ1) is 20.0. The Morgan fingerprint density at radius 1 is 1.41 bits per heavy atom. The van der Waals surface area contributed by atoms with Crippen molar-refractivity contribution in [2.24, 2.45) is 0 Å². The van der Waals surface area contributed by atoms with E-state index in [1.54, 1.807) is 41.8 Å². The molecule has 0 saturated carbocycles. The minimum absolute atomic E-state index is 0.00468. The van der Waals surface area contributed by atoms with Crippen LogP contribution in [0.15, 0.2) is 46.7 Å². The second kappa shape index (κ2) is 11.2. The maximum absolute atomic E-state index is 11.7. The van der Waals surface area contributed by atoms with E-state index < -0.39 is 0 Å². The molecule has 3 rings (SSSR count). The summed E-state index contributed by atoms with van der Waals surface area (Å²) in [5.41, 5.74) is 1.09. The molecule has 3 heterocycles. The minimum Gasteiger partial charge on any atom is -0.492 e. The zero-order chi connectivity index (χ0) is 18.7. The van der Waals surface area contributed by atoms with Gasteiger partial charge in [-0.15, -0.1) is 23.1 Å². The van der Waals surface area contributed by atoms with Crippen molar-refractivity contribution in [2.75, 3.05) is 25.4 Å². The number of hydrogen-bond acceptors (Lipinski definition) is 6. The molecule has 1 N–H and O–H groups in total. The lowest BCUT2D eigenvalue weighted by Gasteiger charge is -2.12. The Bertz CT molecular complexity index is 707. The number of amides is 1. The van der Waals surface area contributed by atoms with Crippen molar-refractivity contribution in [1.82, 2.24) is 10.2 Å². The second-order valence-electron chi connectivity index (χ2n) is 6.46.